The number of thiazole rings is 2. The predicted molar refractivity (Wildman–Crippen MR) is 237 cm³/mol. The number of sulfone groups is 3. The van der Waals surface area contributed by atoms with Gasteiger partial charge in [-0.2, -0.15) is 0 Å². The van der Waals surface area contributed by atoms with Crippen molar-refractivity contribution in [1.29, 1.82) is 0 Å². The van der Waals surface area contributed by atoms with Crippen LogP contribution in [0.2, 0.25) is 0 Å². The largest absolute Gasteiger partial charge is 0.422 e. The lowest BCUT2D eigenvalue weighted by atomic mass is 10.1. The van der Waals surface area contributed by atoms with Gasteiger partial charge in [-0.3, -0.25) is 4.79 Å². The van der Waals surface area contributed by atoms with Crippen molar-refractivity contribution in [2.24, 2.45) is 5.14 Å². The zero-order valence-corrected chi connectivity index (χ0v) is 38.1. The number of aromatic nitrogens is 6. The number of benzene rings is 4. The highest BCUT2D eigenvalue weighted by Crippen LogP contribution is 2.38. The highest BCUT2D eigenvalue weighted by atomic mass is 32.2. The van der Waals surface area contributed by atoms with Crippen molar-refractivity contribution in [2.75, 3.05) is 18.3 Å². The topological polar surface area (TPSA) is 283 Å². The van der Waals surface area contributed by atoms with Gasteiger partial charge in [0.25, 0.3) is 0 Å². The van der Waals surface area contributed by atoms with Crippen molar-refractivity contribution < 1.29 is 47.3 Å². The molecule has 18 nitrogen and oxygen atoms in total. The summed E-state index contributed by atoms with van der Waals surface area (Å²) in [6.45, 7) is 1.16. The quantitative estimate of drug-likeness (QED) is 0.146. The normalized spacial score (nSPS) is 13.4. The van der Waals surface area contributed by atoms with E-state index in [0.29, 0.717) is 11.0 Å². The van der Waals surface area contributed by atoms with E-state index in [0.717, 1.165) is 51.1 Å². The number of carbonyl (C=O) groups is 1. The van der Waals surface area contributed by atoms with E-state index in [-0.39, 0.29) is 33.6 Å². The van der Waals surface area contributed by atoms with Crippen LogP contribution >= 0.6 is 22.7 Å². The Morgan fingerprint density at radius 3 is 1.38 bits per heavy atom. The third kappa shape index (κ3) is 11.3. The third-order valence-electron chi connectivity index (χ3n) is 8.83. The second-order valence-corrected chi connectivity index (χ2v) is 24.3. The van der Waals surface area contributed by atoms with Crippen molar-refractivity contribution in [2.45, 2.75) is 28.9 Å². The number of sulfonamides is 1. The summed E-state index contributed by atoms with van der Waals surface area (Å²) in [6.07, 6.45) is 2.05. The molecule has 63 heavy (non-hydrogen) atoms. The molecule has 0 bridgehead atoms. The van der Waals surface area contributed by atoms with Crippen LogP contribution in [0.1, 0.15) is 51.0 Å². The van der Waals surface area contributed by atoms with E-state index < -0.39 is 73.1 Å². The highest BCUT2D eigenvalue weighted by molar-refractivity contribution is 7.91. The fraction of sp³-hybridized carbons (Fsp3) is 0.205. The van der Waals surface area contributed by atoms with Gasteiger partial charge >= 0.3 is 0 Å². The molecular formula is C39H35N7O11S6. The lowest BCUT2D eigenvalue weighted by molar-refractivity contribution is -0.114. The first-order valence-corrected chi connectivity index (χ1v) is 27.3. The number of Topliss-reactive ketones (excluding diaryl/α,β-unsaturated/α-hetero) is 1. The maximum atomic E-state index is 12.6. The van der Waals surface area contributed by atoms with Crippen LogP contribution in [-0.2, 0) is 55.8 Å². The summed E-state index contributed by atoms with van der Waals surface area (Å²) < 4.78 is 109. The maximum Gasteiger partial charge on any atom is 0.241 e. The van der Waals surface area contributed by atoms with Crippen LogP contribution in [0.4, 0.5) is 0 Å². The minimum atomic E-state index is -3.90. The zero-order valence-electron chi connectivity index (χ0n) is 33.2. The van der Waals surface area contributed by atoms with E-state index >= 15 is 0 Å². The highest BCUT2D eigenvalue weighted by Gasteiger charge is 2.36. The van der Waals surface area contributed by atoms with Crippen LogP contribution in [0.3, 0.4) is 0 Å². The molecule has 0 aliphatic heterocycles. The van der Waals surface area contributed by atoms with E-state index in [9.17, 15) is 38.5 Å². The number of hydrogen-bond acceptors (Lipinski definition) is 19. The van der Waals surface area contributed by atoms with Crippen LogP contribution < -0.4 is 5.14 Å². The predicted octanol–water partition coefficient (Wildman–Crippen LogP) is 5.25. The lowest BCUT2D eigenvalue weighted by Crippen LogP contribution is -2.15. The van der Waals surface area contributed by atoms with Crippen LogP contribution in [0, 0.1) is 0 Å². The first kappa shape index (κ1) is 45.4. The van der Waals surface area contributed by atoms with Crippen LogP contribution in [0.5, 0.6) is 0 Å². The molecule has 24 heteroatoms. The Hall–Kier alpha value is -5.63. The van der Waals surface area contributed by atoms with Gasteiger partial charge in [-0.1, -0.05) is 72.8 Å². The maximum absolute atomic E-state index is 12.6. The van der Waals surface area contributed by atoms with Gasteiger partial charge in [0, 0.05) is 12.5 Å². The average molecular weight is 970 g/mol. The zero-order chi connectivity index (χ0) is 45.3. The number of hydrogen-bond donors (Lipinski definition) is 1. The number of nitrogens with zero attached hydrogens (tertiary/aromatic N) is 6. The van der Waals surface area contributed by atoms with Gasteiger partial charge in [0.2, 0.25) is 33.6 Å². The SMILES string of the molecule is CC(=O)CS(=O)(=O)Cc1nnc(C(c2nc3ccc(-c4ccccc4)cc3s2)S(C)(=O)=O)o1.CS(=O)(=O)C(c1nnc(CS(N)(=O)=O)o1)c1nc2ccc(-c3ccccc3)cc2s1. The lowest BCUT2D eigenvalue weighted by Gasteiger charge is -2.07. The molecule has 328 valence electrons. The van der Waals surface area contributed by atoms with E-state index in [2.05, 4.69) is 30.4 Å². The molecular weight excluding hydrogens is 935 g/mol. The fourth-order valence-corrected chi connectivity index (χ4v) is 13.0. The van der Waals surface area contributed by atoms with Gasteiger partial charge < -0.3 is 8.83 Å². The van der Waals surface area contributed by atoms with Gasteiger partial charge in [0.15, 0.2) is 40.0 Å². The molecule has 0 spiro atoms. The average Bonchev–Trinajstić information content (AvgIpc) is 4.00. The smallest absolute Gasteiger partial charge is 0.241 e. The molecule has 4 aromatic heterocycles. The second kappa shape index (κ2) is 17.9. The summed E-state index contributed by atoms with van der Waals surface area (Å²) in [4.78, 5) is 20.1. The van der Waals surface area contributed by atoms with Gasteiger partial charge in [-0.05, 0) is 53.4 Å². The molecule has 8 rings (SSSR count). The first-order chi connectivity index (χ1) is 29.6. The van der Waals surface area contributed by atoms with E-state index in [4.69, 9.17) is 14.0 Å². The minimum absolute atomic E-state index is 0.236. The number of rotatable bonds is 14. The van der Waals surface area contributed by atoms with E-state index in [1.807, 2.05) is 97.1 Å². The third-order valence-corrected chi connectivity index (χ3v) is 16.0. The van der Waals surface area contributed by atoms with Crippen molar-refractivity contribution in [3.8, 4) is 22.3 Å². The fourth-order valence-electron chi connectivity index (χ4n) is 6.26. The number of carbonyl (C=O) groups excluding carboxylic acids is 1. The molecule has 0 saturated carbocycles. The summed E-state index contributed by atoms with van der Waals surface area (Å²) in [5.74, 6) is -3.62. The molecule has 0 saturated heterocycles. The van der Waals surface area contributed by atoms with E-state index in [1.165, 1.54) is 22.7 Å². The van der Waals surface area contributed by atoms with Gasteiger partial charge in [0.1, 0.15) is 33.1 Å². The van der Waals surface area contributed by atoms with Gasteiger partial charge in [-0.25, -0.2) is 48.8 Å². The number of fused-ring (bicyclic) bond motifs is 2. The Morgan fingerprint density at radius 1 is 0.587 bits per heavy atom. The first-order valence-electron chi connectivity index (χ1n) is 18.3. The Bertz CT molecular complexity index is 3420. The molecule has 2 N–H and O–H groups in total. The molecule has 0 amide bonds. The van der Waals surface area contributed by atoms with Crippen molar-refractivity contribution in [1.82, 2.24) is 30.4 Å². The summed E-state index contributed by atoms with van der Waals surface area (Å²) in [6, 6.07) is 30.8. The van der Waals surface area contributed by atoms with Crippen LogP contribution in [0.15, 0.2) is 106 Å². The van der Waals surface area contributed by atoms with Crippen molar-refractivity contribution >= 4 is 88.4 Å². The Kier molecular flexibility index (Phi) is 12.9. The summed E-state index contributed by atoms with van der Waals surface area (Å²) in [5, 5.41) is 17.6. The van der Waals surface area contributed by atoms with Crippen LogP contribution in [0.25, 0.3) is 42.7 Å². The summed E-state index contributed by atoms with van der Waals surface area (Å²) in [7, 11) is -15.2. The number of primary sulfonamides is 1. The second-order valence-electron chi connectivity index (χ2n) is 14.2. The Balaban J connectivity index is 0.000000190. The van der Waals surface area contributed by atoms with Crippen LogP contribution in [-0.4, -0.2) is 88.1 Å². The number of ketones is 1. The van der Waals surface area contributed by atoms with Gasteiger partial charge in [-0.15, -0.1) is 43.1 Å². The summed E-state index contributed by atoms with van der Waals surface area (Å²) in [5.41, 5.74) is 5.23. The Morgan fingerprint density at radius 2 is 1.00 bits per heavy atom. The standard InChI is InChI=1S/C21H19N3O6S3.C18H16N4O5S3/c1-13(25)11-33(28,29)12-18-23-24-20(30-18)19(32(2,26)27)21-22-16-9-8-15(10-17(16)31-21)14-6-4-3-5-7-14;1-29(23,24)16(17-22-21-15(27-17)10-30(19,25)26)18-20-13-8-7-12(9-14(13)28-18)11-5-3-2-4-6-11/h3-10,19H,11-12H2,1-2H3;2-9,16H,10H2,1H3,(H2,19,25,26). The molecule has 0 radical (unpaired) electrons. The summed E-state index contributed by atoms with van der Waals surface area (Å²) >= 11 is 2.38. The molecule has 2 atom stereocenters. The van der Waals surface area contributed by atoms with Crippen molar-refractivity contribution in [3.63, 3.8) is 0 Å². The van der Waals surface area contributed by atoms with Gasteiger partial charge in [0.05, 0.1) is 20.4 Å². The molecule has 0 fully saturated rings. The Labute approximate surface area is 369 Å². The van der Waals surface area contributed by atoms with E-state index in [1.54, 1.807) is 0 Å². The monoisotopic (exact) mass is 969 g/mol. The molecule has 0 aliphatic rings. The number of nitrogens with two attached hydrogens (primary N) is 1. The molecule has 2 unspecified atom stereocenters. The minimum Gasteiger partial charge on any atom is -0.422 e. The molecule has 4 heterocycles. The molecule has 8 aromatic rings. The van der Waals surface area contributed by atoms with Crippen molar-refractivity contribution in [3.05, 3.63) is 131 Å². The molecule has 4 aromatic carbocycles. The molecule has 0 aliphatic carbocycles.